The Morgan fingerprint density at radius 1 is 1.07 bits per heavy atom. The molecule has 0 N–H and O–H groups in total. The highest BCUT2D eigenvalue weighted by Gasteiger charge is 2.39. The van der Waals surface area contributed by atoms with Gasteiger partial charge in [0.15, 0.2) is 11.5 Å². The zero-order chi connectivity index (χ0) is 22.1. The number of hydrogen-bond donors (Lipinski definition) is 0. The molecule has 0 unspecified atom stereocenters. The van der Waals surface area contributed by atoms with Crippen LogP contribution in [-0.2, 0) is 14.6 Å². The molecule has 0 aliphatic carbocycles. The van der Waals surface area contributed by atoms with E-state index < -0.39 is 20.7 Å². The van der Waals surface area contributed by atoms with Gasteiger partial charge in [-0.3, -0.25) is 4.79 Å². The van der Waals surface area contributed by atoms with E-state index >= 15 is 0 Å². The molecule has 1 aliphatic heterocycles. The predicted molar refractivity (Wildman–Crippen MR) is 112 cm³/mol. The van der Waals surface area contributed by atoms with Gasteiger partial charge < -0.3 is 15.0 Å². The maximum Gasteiger partial charge on any atom is 0.451 e. The minimum atomic E-state index is -4.26. The molecule has 0 amide bonds. The number of nitrogens with zero attached hydrogens (tertiary/aromatic N) is 2. The first kappa shape index (κ1) is 21.5. The molecule has 0 radical (unpaired) electrons. The van der Waals surface area contributed by atoms with E-state index in [1.807, 2.05) is 6.92 Å². The average molecular weight is 426 g/mol. The van der Waals surface area contributed by atoms with Crippen LogP contribution in [0.15, 0.2) is 41.8 Å². The summed E-state index contributed by atoms with van der Waals surface area (Å²) in [6, 6.07) is 8.71. The number of carbonyl (C=O) groups is 1. The molecule has 1 aliphatic rings. The first-order valence-electron chi connectivity index (χ1n) is 9.31. The molecular formula is C22H22N2O5S. The third-order valence-electron chi connectivity index (χ3n) is 4.89. The summed E-state index contributed by atoms with van der Waals surface area (Å²) in [7, 11) is -4.26. The molecule has 0 aromatic heterocycles. The Morgan fingerprint density at radius 2 is 1.70 bits per heavy atom. The Balaban J connectivity index is 1.78. The van der Waals surface area contributed by atoms with Crippen molar-refractivity contribution in [2.24, 2.45) is 0 Å². The van der Waals surface area contributed by atoms with Gasteiger partial charge in [0.2, 0.25) is 6.79 Å². The van der Waals surface area contributed by atoms with Crippen molar-refractivity contribution in [3.63, 3.8) is 0 Å². The lowest BCUT2D eigenvalue weighted by Crippen LogP contribution is -2.27. The number of allylic oxidation sites excluding steroid dienone is 1. The highest BCUT2D eigenvalue weighted by atomic mass is 32.2. The second-order valence-electron chi connectivity index (χ2n) is 7.23. The summed E-state index contributed by atoms with van der Waals surface area (Å²) in [5, 5.41) is -0.865. The Labute approximate surface area is 175 Å². The second kappa shape index (κ2) is 8.26. The molecule has 156 valence electrons. The highest BCUT2D eigenvalue weighted by molar-refractivity contribution is 8.08. The first-order chi connectivity index (χ1) is 14.1. The zero-order valence-electron chi connectivity index (χ0n) is 17.1. The summed E-state index contributed by atoms with van der Waals surface area (Å²) in [5.41, 5.74) is 12.6. The van der Waals surface area contributed by atoms with Crippen molar-refractivity contribution >= 4 is 26.2 Å². The minimum absolute atomic E-state index is 0.0103. The van der Waals surface area contributed by atoms with Crippen molar-refractivity contribution in [1.82, 2.24) is 0 Å². The molecule has 0 saturated carbocycles. The maximum atomic E-state index is 13.0. The van der Waals surface area contributed by atoms with Gasteiger partial charge in [0.25, 0.3) is 15.6 Å². The second-order valence-corrected chi connectivity index (χ2v) is 9.03. The summed E-state index contributed by atoms with van der Waals surface area (Å²) >= 11 is 0. The van der Waals surface area contributed by atoms with Crippen molar-refractivity contribution in [1.29, 1.82) is 0 Å². The van der Waals surface area contributed by atoms with Crippen LogP contribution in [0.3, 0.4) is 0 Å². The summed E-state index contributed by atoms with van der Waals surface area (Å²) < 4.78 is 36.7. The molecule has 7 nitrogen and oxygen atoms in total. The zero-order valence-corrected chi connectivity index (χ0v) is 17.9. The van der Waals surface area contributed by atoms with Crippen LogP contribution in [-0.4, -0.2) is 30.8 Å². The number of hydrogen-bond acceptors (Lipinski definition) is 5. The molecule has 30 heavy (non-hydrogen) atoms. The highest BCUT2D eigenvalue weighted by Crippen LogP contribution is 2.35. The summed E-state index contributed by atoms with van der Waals surface area (Å²) in [6.07, 6.45) is 0.0226. The van der Waals surface area contributed by atoms with Crippen LogP contribution < -0.4 is 9.47 Å². The van der Waals surface area contributed by atoms with Gasteiger partial charge >= 0.3 is 5.04 Å². The monoisotopic (exact) mass is 426 g/mol. The number of rotatable bonds is 6. The van der Waals surface area contributed by atoms with E-state index in [0.29, 0.717) is 28.2 Å². The van der Waals surface area contributed by atoms with Crippen molar-refractivity contribution in [2.75, 3.05) is 6.79 Å². The standard InChI is InChI=1S/C22H22N2O5S/c1-13-9-15(3)21(16(4)10-13)30(26,27)22(24-23)18(25)7-5-14(2)17-6-8-19-20(11-17)29-12-28-19/h6,8-11H,2,5,7,12H2,1,3-4H3. The summed E-state index contributed by atoms with van der Waals surface area (Å²) in [5.74, 6) is 0.441. The number of benzene rings is 2. The van der Waals surface area contributed by atoms with E-state index in [2.05, 4.69) is 11.4 Å². The number of sulfone groups is 1. The van der Waals surface area contributed by atoms with E-state index in [-0.39, 0.29) is 24.5 Å². The number of fused-ring (bicyclic) bond motifs is 1. The van der Waals surface area contributed by atoms with Crippen LogP contribution >= 0.6 is 0 Å². The van der Waals surface area contributed by atoms with Gasteiger partial charge in [0.05, 0.1) is 4.90 Å². The third kappa shape index (κ3) is 4.06. The SMILES string of the molecule is C=C(CCC(=O)C(=[N+]=[N-])S(=O)(=O)c1c(C)cc(C)cc1C)c1ccc2c(c1)OCO2. The van der Waals surface area contributed by atoms with Gasteiger partial charge in [-0.2, -0.15) is 0 Å². The molecule has 0 atom stereocenters. The number of ketones is 1. The normalized spacial score (nSPS) is 12.4. The molecule has 8 heteroatoms. The molecule has 0 saturated heterocycles. The largest absolute Gasteiger partial charge is 0.454 e. The van der Waals surface area contributed by atoms with Gasteiger partial charge in [0.1, 0.15) is 0 Å². The van der Waals surface area contributed by atoms with E-state index in [9.17, 15) is 18.7 Å². The smallest absolute Gasteiger partial charge is 0.451 e. The van der Waals surface area contributed by atoms with Crippen LogP contribution in [0.5, 0.6) is 11.5 Å². The quantitative estimate of drug-likeness (QED) is 0.302. The van der Waals surface area contributed by atoms with Crippen molar-refractivity contribution in [3.8, 4) is 11.5 Å². The lowest BCUT2D eigenvalue weighted by molar-refractivity contribution is -0.116. The van der Waals surface area contributed by atoms with Crippen LogP contribution in [0.2, 0.25) is 0 Å². The fraction of sp³-hybridized carbons (Fsp3) is 0.273. The molecule has 1 heterocycles. The van der Waals surface area contributed by atoms with Gasteiger partial charge in [0, 0.05) is 6.42 Å². The van der Waals surface area contributed by atoms with Crippen LogP contribution in [0, 0.1) is 20.8 Å². The van der Waals surface area contributed by atoms with Gasteiger partial charge in [-0.05, 0) is 61.6 Å². The molecule has 0 spiro atoms. The third-order valence-corrected chi connectivity index (χ3v) is 6.89. The molecule has 3 rings (SSSR count). The van der Waals surface area contributed by atoms with Crippen LogP contribution in [0.25, 0.3) is 11.1 Å². The molecule has 0 fully saturated rings. The Bertz CT molecular complexity index is 1190. The van der Waals surface area contributed by atoms with Crippen LogP contribution in [0.4, 0.5) is 0 Å². The fourth-order valence-electron chi connectivity index (χ4n) is 3.58. The number of carbonyl (C=O) groups excluding carboxylic acids is 1. The Hall–Kier alpha value is -3.22. The fourth-order valence-corrected chi connectivity index (χ4v) is 5.25. The lowest BCUT2D eigenvalue weighted by atomic mass is 10.0. The first-order valence-corrected chi connectivity index (χ1v) is 10.8. The van der Waals surface area contributed by atoms with E-state index in [0.717, 1.165) is 11.1 Å². The topological polar surface area (TPSA) is 106 Å². The lowest BCUT2D eigenvalue weighted by Gasteiger charge is -2.10. The van der Waals surface area contributed by atoms with Crippen molar-refractivity contribution < 1.29 is 27.5 Å². The molecule has 2 aromatic carbocycles. The van der Waals surface area contributed by atoms with Crippen LogP contribution in [0.1, 0.15) is 35.1 Å². The Morgan fingerprint density at radius 3 is 2.33 bits per heavy atom. The van der Waals surface area contributed by atoms with Gasteiger partial charge in [-0.25, -0.2) is 8.42 Å². The summed E-state index contributed by atoms with van der Waals surface area (Å²) in [4.78, 5) is 15.5. The number of Topliss-reactive ketones (excluding diaryl/α,β-unsaturated/α-hetero) is 1. The Kier molecular flexibility index (Phi) is 5.92. The van der Waals surface area contributed by atoms with Gasteiger partial charge in [-0.1, -0.05) is 30.3 Å². The minimum Gasteiger partial charge on any atom is -0.454 e. The summed E-state index contributed by atoms with van der Waals surface area (Å²) in [6.45, 7) is 9.26. The molecular weight excluding hydrogens is 404 g/mol. The van der Waals surface area contributed by atoms with Crippen molar-refractivity contribution in [3.05, 3.63) is 64.7 Å². The van der Waals surface area contributed by atoms with Gasteiger partial charge in [-0.15, -0.1) is 4.79 Å². The maximum absolute atomic E-state index is 13.0. The number of aryl methyl sites for hydroxylation is 3. The van der Waals surface area contributed by atoms with E-state index in [1.165, 1.54) is 0 Å². The average Bonchev–Trinajstić information content (AvgIpc) is 3.13. The molecule has 2 aromatic rings. The molecule has 0 bridgehead atoms. The van der Waals surface area contributed by atoms with Crippen molar-refractivity contribution in [2.45, 2.75) is 38.5 Å². The van der Waals surface area contributed by atoms with E-state index in [1.54, 1.807) is 44.2 Å². The number of ether oxygens (including phenoxy) is 2. The van der Waals surface area contributed by atoms with E-state index in [4.69, 9.17) is 9.47 Å². The predicted octanol–water partition coefficient (Wildman–Crippen LogP) is 3.81.